The van der Waals surface area contributed by atoms with E-state index >= 15 is 0 Å². The minimum Gasteiger partial charge on any atom is -0.368 e. The van der Waals surface area contributed by atoms with Gasteiger partial charge in [-0.05, 0) is 24.3 Å². The zero-order valence-electron chi connectivity index (χ0n) is 16.9. The molecular weight excluding hydrogens is 433 g/mol. The number of anilines is 1. The smallest absolute Gasteiger partial charge is 0.266 e. The Hall–Kier alpha value is -2.71. The number of hydrogen-bond acceptors (Lipinski definition) is 5. The second-order valence-corrected chi connectivity index (χ2v) is 8.98. The van der Waals surface area contributed by atoms with E-state index in [0.29, 0.717) is 27.9 Å². The van der Waals surface area contributed by atoms with Crippen molar-refractivity contribution >= 4 is 51.9 Å². The highest BCUT2D eigenvalue weighted by molar-refractivity contribution is 8.26. The van der Waals surface area contributed by atoms with Gasteiger partial charge in [-0.1, -0.05) is 60.4 Å². The summed E-state index contributed by atoms with van der Waals surface area (Å²) in [4.78, 5) is 31.3. The van der Waals surface area contributed by atoms with Crippen LogP contribution in [0.4, 0.5) is 10.1 Å². The average molecular weight is 456 g/mol. The average Bonchev–Trinajstić information content (AvgIpc) is 3.06. The first-order valence-corrected chi connectivity index (χ1v) is 11.3. The van der Waals surface area contributed by atoms with Crippen molar-refractivity contribution in [2.24, 2.45) is 0 Å². The van der Waals surface area contributed by atoms with Gasteiger partial charge in [0.15, 0.2) is 0 Å². The highest BCUT2D eigenvalue weighted by atomic mass is 32.2. The molecule has 0 bridgehead atoms. The largest absolute Gasteiger partial charge is 0.368 e. The molecule has 2 saturated heterocycles. The number of para-hydroxylation sites is 1. The number of carbonyl (C=O) groups excluding carboxylic acids is 2. The molecule has 0 atom stereocenters. The molecule has 0 N–H and O–H groups in total. The summed E-state index contributed by atoms with van der Waals surface area (Å²) in [7, 11) is 0. The van der Waals surface area contributed by atoms with Crippen LogP contribution in [0.1, 0.15) is 12.0 Å². The Morgan fingerprint density at radius 2 is 1.71 bits per heavy atom. The third-order valence-corrected chi connectivity index (χ3v) is 6.75. The first kappa shape index (κ1) is 21.5. The lowest BCUT2D eigenvalue weighted by Crippen LogP contribution is -2.49. The van der Waals surface area contributed by atoms with Crippen LogP contribution in [0.5, 0.6) is 0 Å². The van der Waals surface area contributed by atoms with Gasteiger partial charge in [0.2, 0.25) is 5.91 Å². The molecule has 0 aromatic heterocycles. The fraction of sp³-hybridized carbons (Fsp3) is 0.261. The molecule has 31 heavy (non-hydrogen) atoms. The maximum absolute atomic E-state index is 13.9. The Balaban J connectivity index is 1.31. The number of amides is 2. The van der Waals surface area contributed by atoms with Crippen molar-refractivity contribution in [3.8, 4) is 0 Å². The Kier molecular flexibility index (Phi) is 6.67. The molecule has 2 aliphatic heterocycles. The zero-order chi connectivity index (χ0) is 21.8. The molecular formula is C23H22FN3O2S2. The van der Waals surface area contributed by atoms with E-state index in [4.69, 9.17) is 12.2 Å². The van der Waals surface area contributed by atoms with Gasteiger partial charge in [-0.3, -0.25) is 14.5 Å². The van der Waals surface area contributed by atoms with Crippen LogP contribution in [-0.2, 0) is 9.59 Å². The van der Waals surface area contributed by atoms with E-state index in [2.05, 4.69) is 17.0 Å². The molecule has 5 nitrogen and oxygen atoms in total. The van der Waals surface area contributed by atoms with Crippen LogP contribution in [-0.4, -0.2) is 58.7 Å². The molecule has 0 spiro atoms. The van der Waals surface area contributed by atoms with Crippen molar-refractivity contribution < 1.29 is 14.0 Å². The maximum atomic E-state index is 13.9. The number of thiocarbonyl (C=S) groups is 1. The van der Waals surface area contributed by atoms with Gasteiger partial charge in [-0.15, -0.1) is 0 Å². The summed E-state index contributed by atoms with van der Waals surface area (Å²) in [5, 5.41) is 0. The fourth-order valence-corrected chi connectivity index (χ4v) is 4.94. The van der Waals surface area contributed by atoms with E-state index in [0.717, 1.165) is 30.5 Å². The molecule has 2 heterocycles. The second kappa shape index (κ2) is 9.62. The first-order chi connectivity index (χ1) is 15.0. The van der Waals surface area contributed by atoms with Crippen molar-refractivity contribution in [2.75, 3.05) is 37.6 Å². The van der Waals surface area contributed by atoms with Gasteiger partial charge in [-0.25, -0.2) is 4.39 Å². The molecule has 2 aromatic rings. The standard InChI is InChI=1S/C23H22FN3O2S2/c24-19-9-5-4-6-17(19)16-20-22(29)27(23(30)31-20)11-10-21(28)26-14-12-25(13-15-26)18-7-2-1-3-8-18/h1-9,16H,10-15H2/b20-16+. The lowest BCUT2D eigenvalue weighted by molar-refractivity contribution is -0.132. The number of halogens is 1. The Bertz CT molecular complexity index is 1020. The summed E-state index contributed by atoms with van der Waals surface area (Å²) in [6, 6.07) is 16.4. The molecule has 2 aromatic carbocycles. The number of thioether (sulfide) groups is 1. The van der Waals surface area contributed by atoms with Crippen LogP contribution in [0, 0.1) is 5.82 Å². The molecule has 2 fully saturated rings. The summed E-state index contributed by atoms with van der Waals surface area (Å²) in [5.74, 6) is -0.655. The molecule has 8 heteroatoms. The molecule has 0 radical (unpaired) electrons. The second-order valence-electron chi connectivity index (χ2n) is 7.31. The Morgan fingerprint density at radius 3 is 2.42 bits per heavy atom. The van der Waals surface area contributed by atoms with Gasteiger partial charge in [0, 0.05) is 50.4 Å². The van der Waals surface area contributed by atoms with Crippen molar-refractivity contribution in [3.63, 3.8) is 0 Å². The van der Waals surface area contributed by atoms with Gasteiger partial charge >= 0.3 is 0 Å². The lowest BCUT2D eigenvalue weighted by Gasteiger charge is -2.36. The minimum absolute atomic E-state index is 0.0137. The molecule has 2 amide bonds. The van der Waals surface area contributed by atoms with Crippen LogP contribution < -0.4 is 4.90 Å². The number of piperazine rings is 1. The predicted octanol–water partition coefficient (Wildman–Crippen LogP) is 3.77. The van der Waals surface area contributed by atoms with Crippen LogP contribution in [0.25, 0.3) is 6.08 Å². The van der Waals surface area contributed by atoms with Crippen molar-refractivity contribution in [1.29, 1.82) is 0 Å². The molecule has 0 saturated carbocycles. The quantitative estimate of drug-likeness (QED) is 0.507. The fourth-order valence-electron chi connectivity index (χ4n) is 3.64. The van der Waals surface area contributed by atoms with E-state index < -0.39 is 5.82 Å². The summed E-state index contributed by atoms with van der Waals surface area (Å²) >= 11 is 6.46. The van der Waals surface area contributed by atoms with Crippen molar-refractivity contribution in [1.82, 2.24) is 9.80 Å². The Labute approximate surface area is 190 Å². The molecule has 0 unspecified atom stereocenters. The van der Waals surface area contributed by atoms with Crippen LogP contribution in [0.2, 0.25) is 0 Å². The van der Waals surface area contributed by atoms with Crippen molar-refractivity contribution in [2.45, 2.75) is 6.42 Å². The van der Waals surface area contributed by atoms with E-state index in [9.17, 15) is 14.0 Å². The highest BCUT2D eigenvalue weighted by Crippen LogP contribution is 2.33. The normalized spacial score (nSPS) is 18.2. The summed E-state index contributed by atoms with van der Waals surface area (Å²) in [5.41, 5.74) is 1.50. The highest BCUT2D eigenvalue weighted by Gasteiger charge is 2.33. The number of benzene rings is 2. The zero-order valence-corrected chi connectivity index (χ0v) is 18.5. The predicted molar refractivity (Wildman–Crippen MR) is 126 cm³/mol. The van der Waals surface area contributed by atoms with Gasteiger partial charge in [0.1, 0.15) is 10.1 Å². The van der Waals surface area contributed by atoms with Crippen LogP contribution in [0.15, 0.2) is 59.5 Å². The Morgan fingerprint density at radius 1 is 1.03 bits per heavy atom. The summed E-state index contributed by atoms with van der Waals surface area (Å²) < 4.78 is 14.3. The number of hydrogen-bond donors (Lipinski definition) is 0. The monoisotopic (exact) mass is 455 g/mol. The van der Waals surface area contributed by atoms with Crippen molar-refractivity contribution in [3.05, 3.63) is 70.9 Å². The third kappa shape index (κ3) is 4.97. The number of rotatable bonds is 5. The SMILES string of the molecule is O=C(CCN1C(=O)/C(=C\c2ccccc2F)SC1=S)N1CCN(c2ccccc2)CC1. The van der Waals surface area contributed by atoms with E-state index in [1.54, 1.807) is 18.2 Å². The minimum atomic E-state index is -0.391. The molecule has 160 valence electrons. The first-order valence-electron chi connectivity index (χ1n) is 10.1. The topological polar surface area (TPSA) is 43.9 Å². The molecule has 2 aliphatic rings. The van der Waals surface area contributed by atoms with Gasteiger partial charge < -0.3 is 9.80 Å². The van der Waals surface area contributed by atoms with E-state index in [1.807, 2.05) is 23.1 Å². The molecule has 4 rings (SSSR count). The van der Waals surface area contributed by atoms with E-state index in [-0.39, 0.29) is 24.8 Å². The summed E-state index contributed by atoms with van der Waals surface area (Å²) in [6.45, 7) is 3.10. The van der Waals surface area contributed by atoms with Crippen LogP contribution >= 0.6 is 24.0 Å². The maximum Gasteiger partial charge on any atom is 0.266 e. The van der Waals surface area contributed by atoms with Gasteiger partial charge in [0.05, 0.1) is 4.91 Å². The third-order valence-electron chi connectivity index (χ3n) is 5.37. The van der Waals surface area contributed by atoms with Crippen LogP contribution in [0.3, 0.4) is 0 Å². The van der Waals surface area contributed by atoms with Gasteiger partial charge in [-0.2, -0.15) is 0 Å². The lowest BCUT2D eigenvalue weighted by atomic mass is 10.2. The number of nitrogens with zero attached hydrogens (tertiary/aromatic N) is 3. The molecule has 0 aliphatic carbocycles. The summed E-state index contributed by atoms with van der Waals surface area (Å²) in [6.07, 6.45) is 1.73. The number of carbonyl (C=O) groups is 2. The van der Waals surface area contributed by atoms with Gasteiger partial charge in [0.25, 0.3) is 5.91 Å². The van der Waals surface area contributed by atoms with E-state index in [1.165, 1.54) is 17.0 Å².